The topological polar surface area (TPSA) is 94.6 Å². The first kappa shape index (κ1) is 40.7. The number of hydrogen-bond acceptors (Lipinski definition) is 8. The Hall–Kier alpha value is -2.47. The van der Waals surface area contributed by atoms with Crippen molar-refractivity contribution >= 4 is 34.2 Å². The maximum absolute atomic E-state index is 13.5. The maximum atomic E-state index is 13.5. The van der Waals surface area contributed by atoms with E-state index in [4.69, 9.17) is 26.2 Å². The number of allylic oxidation sites excluding steroid dienone is 1. The summed E-state index contributed by atoms with van der Waals surface area (Å²) in [6.45, 7) is 15.8. The summed E-state index contributed by atoms with van der Waals surface area (Å²) in [6.07, 6.45) is 10.1. The number of anilines is 1. The number of fused-ring (bicyclic) bond motifs is 2. The molecule has 7 atom stereocenters. The first-order chi connectivity index (χ1) is 25.2. The molecule has 0 aromatic heterocycles. The minimum atomic E-state index is -1.50. The van der Waals surface area contributed by atoms with Gasteiger partial charge in [0.2, 0.25) is 0 Å². The monoisotopic (exact) mass is 756 g/mol. The normalized spacial score (nSPS) is 29.3. The molecule has 1 saturated heterocycles. The number of nitrogens with one attached hydrogen (secondary N) is 1. The van der Waals surface area contributed by atoms with Crippen LogP contribution in [-0.2, 0) is 22.1 Å². The lowest BCUT2D eigenvalue weighted by molar-refractivity contribution is 0.0642. The lowest BCUT2D eigenvalue weighted by atomic mass is 9.66. The smallest absolute Gasteiger partial charge is 0.263 e. The molecule has 2 aromatic carbocycles. The fourth-order valence-electron chi connectivity index (χ4n) is 8.29. The summed E-state index contributed by atoms with van der Waals surface area (Å²) in [5.41, 5.74) is 4.05. The average Bonchev–Trinajstić information content (AvgIpc) is 3.32. The van der Waals surface area contributed by atoms with Crippen molar-refractivity contribution in [1.82, 2.24) is 14.5 Å². The molecule has 9 nitrogen and oxygen atoms in total. The fraction of sp³-hybridized carbons (Fsp3) is 0.634. The van der Waals surface area contributed by atoms with Gasteiger partial charge in [0.1, 0.15) is 16.7 Å². The minimum absolute atomic E-state index is 0.155. The standard InChI is InChI=1S/C40H57ClN4O4S.CH4O/c1-5-7-30-22-35(41)12-14-36(30)34-26-45-25-33-10-13-37(33)32(24-44-18-16-43(17-19-44)20-21-48-4)9-6-8-28(2)29(3)50(47)42-40(46)31-11-15-39(49-27-34)38(45)23-31;1-2/h6,9,11-12,14-15,22-23,28-29,32-34,37H,5,7-8,10,13,16-21,24-27H2,1-4H3,(H,42,46);2H,1H3/b9-6+;. The number of ether oxygens (including phenoxy) is 2. The van der Waals surface area contributed by atoms with Crippen LogP contribution in [0.25, 0.3) is 0 Å². The van der Waals surface area contributed by atoms with E-state index >= 15 is 0 Å². The molecule has 6 rings (SSSR count). The van der Waals surface area contributed by atoms with Crippen molar-refractivity contribution in [3.63, 3.8) is 0 Å². The van der Waals surface area contributed by atoms with Crippen LogP contribution in [0.2, 0.25) is 5.02 Å². The first-order valence-electron chi connectivity index (χ1n) is 19.3. The zero-order valence-electron chi connectivity index (χ0n) is 31.9. The molecule has 2 N–H and O–H groups in total. The zero-order valence-corrected chi connectivity index (χ0v) is 33.5. The van der Waals surface area contributed by atoms with Crippen molar-refractivity contribution in [3.8, 4) is 5.75 Å². The average molecular weight is 757 g/mol. The van der Waals surface area contributed by atoms with Gasteiger partial charge in [0, 0.05) is 83.1 Å². The van der Waals surface area contributed by atoms with E-state index in [1.165, 1.54) is 24.0 Å². The summed E-state index contributed by atoms with van der Waals surface area (Å²) in [5, 5.41) is 7.59. The van der Waals surface area contributed by atoms with E-state index in [0.717, 1.165) is 102 Å². The van der Waals surface area contributed by atoms with Crippen molar-refractivity contribution in [2.75, 3.05) is 84.7 Å². The van der Waals surface area contributed by atoms with Gasteiger partial charge in [-0.2, -0.15) is 0 Å². The van der Waals surface area contributed by atoms with Crippen LogP contribution in [0.3, 0.4) is 0 Å². The van der Waals surface area contributed by atoms with Crippen LogP contribution in [0.4, 0.5) is 5.69 Å². The molecule has 3 heterocycles. The van der Waals surface area contributed by atoms with Gasteiger partial charge in [-0.15, -0.1) is 0 Å². The second kappa shape index (κ2) is 19.7. The number of amides is 1. The van der Waals surface area contributed by atoms with E-state index in [1.54, 1.807) is 7.11 Å². The Labute approximate surface area is 319 Å². The van der Waals surface area contributed by atoms with Gasteiger partial charge in [-0.3, -0.25) is 14.4 Å². The van der Waals surface area contributed by atoms with E-state index in [-0.39, 0.29) is 23.0 Å². The minimum Gasteiger partial charge on any atom is -0.491 e. The lowest BCUT2D eigenvalue weighted by Gasteiger charge is -2.46. The Kier molecular flexibility index (Phi) is 15.5. The molecule has 0 spiro atoms. The summed E-state index contributed by atoms with van der Waals surface area (Å²) < 4.78 is 28.1. The quantitative estimate of drug-likeness (QED) is 0.309. The SMILES string of the molecule is CCCc1cc(Cl)ccc1C1COc2ccc3cc2N(C1)CC1CCC1C(CN1CCN(CCOC)CC1)/C=C/CC(C)C(C)S(=O)NC3=O.CO. The van der Waals surface area contributed by atoms with Gasteiger partial charge in [-0.05, 0) is 97.7 Å². The predicted molar refractivity (Wildman–Crippen MR) is 213 cm³/mol. The van der Waals surface area contributed by atoms with Gasteiger partial charge in [-0.25, -0.2) is 4.21 Å². The predicted octanol–water partition coefficient (Wildman–Crippen LogP) is 6.17. The van der Waals surface area contributed by atoms with Crippen LogP contribution in [0.1, 0.15) is 73.9 Å². The van der Waals surface area contributed by atoms with Crippen molar-refractivity contribution in [2.24, 2.45) is 23.7 Å². The van der Waals surface area contributed by atoms with Crippen molar-refractivity contribution < 1.29 is 23.6 Å². The van der Waals surface area contributed by atoms with E-state index < -0.39 is 11.0 Å². The maximum Gasteiger partial charge on any atom is 0.263 e. The molecule has 1 amide bonds. The molecule has 1 saturated carbocycles. The number of carbonyl (C=O) groups is 1. The van der Waals surface area contributed by atoms with Gasteiger partial charge in [0.15, 0.2) is 0 Å². The summed E-state index contributed by atoms with van der Waals surface area (Å²) in [5.74, 6) is 2.39. The molecule has 7 unspecified atom stereocenters. The van der Waals surface area contributed by atoms with E-state index in [1.807, 2.05) is 31.2 Å². The number of aliphatic hydroxyl groups is 1. The first-order valence-corrected chi connectivity index (χ1v) is 20.9. The number of halogens is 1. The third kappa shape index (κ3) is 10.2. The number of aryl methyl sites for hydroxylation is 1. The molecular formula is C41H61ClN4O5S. The lowest BCUT2D eigenvalue weighted by Crippen LogP contribution is -2.50. The number of hydrogen-bond donors (Lipinski definition) is 2. The van der Waals surface area contributed by atoms with E-state index in [0.29, 0.717) is 29.9 Å². The summed E-state index contributed by atoms with van der Waals surface area (Å²) in [7, 11) is 1.28. The second-order valence-corrected chi connectivity index (χ2v) is 17.0. The summed E-state index contributed by atoms with van der Waals surface area (Å²) in [6, 6.07) is 12.0. The Morgan fingerprint density at radius 3 is 2.52 bits per heavy atom. The molecule has 288 valence electrons. The van der Waals surface area contributed by atoms with Crippen molar-refractivity contribution in [2.45, 2.75) is 64.0 Å². The zero-order chi connectivity index (χ0) is 37.2. The molecule has 2 bridgehead atoms. The number of methoxy groups -OCH3 is 1. The second-order valence-electron chi connectivity index (χ2n) is 15.1. The Morgan fingerprint density at radius 1 is 1.04 bits per heavy atom. The Bertz CT molecular complexity index is 1520. The van der Waals surface area contributed by atoms with Gasteiger partial charge < -0.3 is 24.4 Å². The third-order valence-corrected chi connectivity index (χ3v) is 13.5. The van der Waals surface area contributed by atoms with E-state index in [2.05, 4.69) is 57.6 Å². The molecule has 2 fully saturated rings. The van der Waals surface area contributed by atoms with Crippen LogP contribution in [0.15, 0.2) is 48.6 Å². The summed E-state index contributed by atoms with van der Waals surface area (Å²) in [4.78, 5) is 21.2. The Balaban J connectivity index is 0.00000257. The molecule has 11 heteroatoms. The molecular weight excluding hydrogens is 696 g/mol. The van der Waals surface area contributed by atoms with E-state index in [9.17, 15) is 9.00 Å². The molecule has 52 heavy (non-hydrogen) atoms. The highest BCUT2D eigenvalue weighted by Crippen LogP contribution is 2.44. The highest BCUT2D eigenvalue weighted by molar-refractivity contribution is 7.84. The fourth-order valence-corrected chi connectivity index (χ4v) is 9.50. The van der Waals surface area contributed by atoms with Crippen molar-refractivity contribution in [3.05, 3.63) is 70.3 Å². The van der Waals surface area contributed by atoms with Gasteiger partial charge >= 0.3 is 0 Å². The highest BCUT2D eigenvalue weighted by Gasteiger charge is 2.39. The third-order valence-electron chi connectivity index (χ3n) is 11.8. The number of carbonyl (C=O) groups excluding carboxylic acids is 1. The number of nitrogens with zero attached hydrogens (tertiary/aromatic N) is 3. The summed E-state index contributed by atoms with van der Waals surface area (Å²) >= 11 is 6.49. The number of rotatable bonds is 8. The van der Waals surface area contributed by atoms with Gasteiger partial charge in [0.25, 0.3) is 5.91 Å². The highest BCUT2D eigenvalue weighted by atomic mass is 35.5. The van der Waals surface area contributed by atoms with Crippen LogP contribution < -0.4 is 14.4 Å². The van der Waals surface area contributed by atoms with Crippen molar-refractivity contribution in [1.29, 1.82) is 0 Å². The van der Waals surface area contributed by atoms with Crippen LogP contribution >= 0.6 is 11.6 Å². The van der Waals surface area contributed by atoms with Gasteiger partial charge in [0.05, 0.1) is 24.2 Å². The molecule has 4 aliphatic rings. The molecule has 3 aliphatic heterocycles. The molecule has 0 radical (unpaired) electrons. The molecule has 2 aromatic rings. The Morgan fingerprint density at radius 2 is 1.81 bits per heavy atom. The number of benzene rings is 2. The molecule has 1 aliphatic carbocycles. The number of piperazine rings is 1. The van der Waals surface area contributed by atoms with Crippen LogP contribution in [0, 0.1) is 23.7 Å². The van der Waals surface area contributed by atoms with Gasteiger partial charge in [-0.1, -0.05) is 50.1 Å². The largest absolute Gasteiger partial charge is 0.491 e. The number of aliphatic hydroxyl groups excluding tert-OH is 1. The van der Waals surface area contributed by atoms with Crippen LogP contribution in [-0.4, -0.2) is 110 Å². The van der Waals surface area contributed by atoms with Crippen LogP contribution in [0.5, 0.6) is 5.75 Å².